The van der Waals surface area contributed by atoms with Gasteiger partial charge in [0, 0.05) is 10.9 Å². The molecular formula is C14H21BrClNS. The molecule has 4 heteroatoms. The van der Waals surface area contributed by atoms with Crippen molar-refractivity contribution in [1.29, 1.82) is 0 Å². The smallest absolute Gasteiger partial charge is 0.0887 e. The molecule has 102 valence electrons. The van der Waals surface area contributed by atoms with E-state index in [-0.39, 0.29) is 0 Å². The second-order valence-electron chi connectivity index (χ2n) is 5.16. The van der Waals surface area contributed by atoms with E-state index >= 15 is 0 Å². The van der Waals surface area contributed by atoms with E-state index in [1.807, 2.05) is 0 Å². The molecule has 0 spiro atoms. The lowest BCUT2D eigenvalue weighted by atomic mass is 9.97. The number of hydrogen-bond acceptors (Lipinski definition) is 2. The fourth-order valence-corrected chi connectivity index (χ4v) is 4.57. The third-order valence-electron chi connectivity index (χ3n) is 3.69. The summed E-state index contributed by atoms with van der Waals surface area (Å²) in [5, 5.41) is 4.54. The highest BCUT2D eigenvalue weighted by Crippen LogP contribution is 2.39. The van der Waals surface area contributed by atoms with E-state index in [2.05, 4.69) is 34.2 Å². The number of thiophene rings is 1. The van der Waals surface area contributed by atoms with E-state index in [0.717, 1.165) is 21.3 Å². The van der Waals surface area contributed by atoms with Crippen molar-refractivity contribution < 1.29 is 0 Å². The van der Waals surface area contributed by atoms with Crippen LogP contribution in [-0.4, -0.2) is 6.54 Å². The molecule has 1 aliphatic carbocycles. The van der Waals surface area contributed by atoms with Gasteiger partial charge in [0.15, 0.2) is 0 Å². The summed E-state index contributed by atoms with van der Waals surface area (Å²) >= 11 is 11.5. The van der Waals surface area contributed by atoms with Crippen molar-refractivity contribution >= 4 is 38.9 Å². The Balaban J connectivity index is 2.03. The van der Waals surface area contributed by atoms with Gasteiger partial charge in [-0.15, -0.1) is 11.3 Å². The summed E-state index contributed by atoms with van der Waals surface area (Å²) in [6.45, 7) is 3.31. The van der Waals surface area contributed by atoms with Gasteiger partial charge >= 0.3 is 0 Å². The first-order valence-corrected chi connectivity index (χ1v) is 8.87. The minimum Gasteiger partial charge on any atom is -0.309 e. The van der Waals surface area contributed by atoms with E-state index in [1.165, 1.54) is 43.4 Å². The average molecular weight is 351 g/mol. The van der Waals surface area contributed by atoms with Crippen LogP contribution >= 0.6 is 38.9 Å². The quantitative estimate of drug-likeness (QED) is 0.685. The Kier molecular flexibility index (Phi) is 5.99. The molecule has 1 atom stereocenters. The fourth-order valence-electron chi connectivity index (χ4n) is 2.73. The van der Waals surface area contributed by atoms with E-state index in [0.29, 0.717) is 6.04 Å². The van der Waals surface area contributed by atoms with Crippen molar-refractivity contribution in [3.05, 3.63) is 19.8 Å². The first kappa shape index (κ1) is 14.8. The lowest BCUT2D eigenvalue weighted by molar-refractivity contribution is 0.399. The predicted octanol–water partition coefficient (Wildman–Crippen LogP) is 5.79. The molecule has 1 aromatic heterocycles. The third-order valence-corrected chi connectivity index (χ3v) is 6.28. The molecule has 1 fully saturated rings. The summed E-state index contributed by atoms with van der Waals surface area (Å²) in [5.74, 6) is 0.902. The fraction of sp³-hybridized carbons (Fsp3) is 0.714. The predicted molar refractivity (Wildman–Crippen MR) is 84.6 cm³/mol. The maximum atomic E-state index is 6.16. The van der Waals surface area contributed by atoms with Crippen molar-refractivity contribution in [3.8, 4) is 0 Å². The molecule has 0 amide bonds. The van der Waals surface area contributed by atoms with Crippen molar-refractivity contribution in [1.82, 2.24) is 5.32 Å². The second-order valence-corrected chi connectivity index (χ2v) is 7.97. The summed E-state index contributed by atoms with van der Waals surface area (Å²) in [7, 11) is 0. The molecule has 1 saturated carbocycles. The molecule has 0 radical (unpaired) electrons. The van der Waals surface area contributed by atoms with Gasteiger partial charge in [0.2, 0.25) is 0 Å². The Morgan fingerprint density at radius 1 is 1.50 bits per heavy atom. The SMILES string of the molecule is CCCNC(CC1CCCC1)c1cc(Cl)c(Br)s1. The summed E-state index contributed by atoms with van der Waals surface area (Å²) in [5.41, 5.74) is 0. The van der Waals surface area contributed by atoms with Crippen LogP contribution in [0.4, 0.5) is 0 Å². The highest BCUT2D eigenvalue weighted by Gasteiger charge is 2.22. The van der Waals surface area contributed by atoms with Gasteiger partial charge in [-0.25, -0.2) is 0 Å². The Labute approximate surface area is 127 Å². The Bertz CT molecular complexity index is 354. The van der Waals surface area contributed by atoms with Crippen LogP contribution in [0, 0.1) is 5.92 Å². The molecule has 1 heterocycles. The van der Waals surface area contributed by atoms with E-state index in [4.69, 9.17) is 11.6 Å². The summed E-state index contributed by atoms with van der Waals surface area (Å²) in [6, 6.07) is 2.61. The van der Waals surface area contributed by atoms with Gasteiger partial charge in [0.05, 0.1) is 8.81 Å². The number of halogens is 2. The maximum absolute atomic E-state index is 6.16. The van der Waals surface area contributed by atoms with Crippen LogP contribution in [0.3, 0.4) is 0 Å². The van der Waals surface area contributed by atoms with Crippen molar-refractivity contribution in [2.75, 3.05) is 6.54 Å². The number of nitrogens with one attached hydrogen (secondary N) is 1. The monoisotopic (exact) mass is 349 g/mol. The topological polar surface area (TPSA) is 12.0 Å². The Morgan fingerprint density at radius 2 is 2.22 bits per heavy atom. The van der Waals surface area contributed by atoms with Crippen LogP contribution in [0.5, 0.6) is 0 Å². The van der Waals surface area contributed by atoms with Crippen LogP contribution in [0.25, 0.3) is 0 Å². The molecule has 0 bridgehead atoms. The largest absolute Gasteiger partial charge is 0.309 e. The molecule has 0 saturated heterocycles. The first-order valence-electron chi connectivity index (χ1n) is 6.88. The molecule has 2 rings (SSSR count). The van der Waals surface area contributed by atoms with Gasteiger partial charge < -0.3 is 5.32 Å². The zero-order valence-corrected chi connectivity index (χ0v) is 14.0. The Morgan fingerprint density at radius 3 is 2.78 bits per heavy atom. The highest BCUT2D eigenvalue weighted by molar-refractivity contribution is 9.11. The lowest BCUT2D eigenvalue weighted by Crippen LogP contribution is -2.23. The first-order chi connectivity index (χ1) is 8.70. The lowest BCUT2D eigenvalue weighted by Gasteiger charge is -2.20. The zero-order valence-electron chi connectivity index (χ0n) is 10.8. The second kappa shape index (κ2) is 7.28. The standard InChI is InChI=1S/C14H21BrClNS/c1-2-7-17-12(8-10-5-3-4-6-10)13-9-11(16)14(15)18-13/h9-10,12,17H,2-8H2,1H3. The molecule has 0 aromatic carbocycles. The van der Waals surface area contributed by atoms with E-state index in [9.17, 15) is 0 Å². The minimum absolute atomic E-state index is 0.488. The summed E-state index contributed by atoms with van der Waals surface area (Å²) < 4.78 is 1.06. The van der Waals surface area contributed by atoms with E-state index in [1.54, 1.807) is 11.3 Å². The molecule has 1 unspecified atom stereocenters. The zero-order chi connectivity index (χ0) is 13.0. The number of rotatable bonds is 6. The molecular weight excluding hydrogens is 330 g/mol. The van der Waals surface area contributed by atoms with Crippen molar-refractivity contribution in [2.24, 2.45) is 5.92 Å². The molecule has 1 N–H and O–H groups in total. The molecule has 0 aliphatic heterocycles. The molecule has 1 aliphatic rings. The maximum Gasteiger partial charge on any atom is 0.0887 e. The van der Waals surface area contributed by atoms with Gasteiger partial charge in [0.25, 0.3) is 0 Å². The third kappa shape index (κ3) is 3.96. The van der Waals surface area contributed by atoms with Gasteiger partial charge in [-0.3, -0.25) is 0 Å². The number of hydrogen-bond donors (Lipinski definition) is 1. The van der Waals surface area contributed by atoms with Crippen LogP contribution in [0.15, 0.2) is 9.85 Å². The minimum atomic E-state index is 0.488. The average Bonchev–Trinajstić information content (AvgIpc) is 2.96. The van der Waals surface area contributed by atoms with Crippen molar-refractivity contribution in [2.45, 2.75) is 51.5 Å². The van der Waals surface area contributed by atoms with Crippen molar-refractivity contribution in [3.63, 3.8) is 0 Å². The summed E-state index contributed by atoms with van der Waals surface area (Å²) in [6.07, 6.45) is 8.10. The van der Waals surface area contributed by atoms with Gasteiger partial charge in [0.1, 0.15) is 0 Å². The van der Waals surface area contributed by atoms with Crippen LogP contribution in [0.1, 0.15) is 56.4 Å². The molecule has 18 heavy (non-hydrogen) atoms. The van der Waals surface area contributed by atoms with Gasteiger partial charge in [-0.1, -0.05) is 44.2 Å². The van der Waals surface area contributed by atoms with Crippen LogP contribution in [-0.2, 0) is 0 Å². The van der Waals surface area contributed by atoms with Gasteiger partial charge in [-0.05, 0) is 47.3 Å². The Hall–Kier alpha value is 0.430. The van der Waals surface area contributed by atoms with Gasteiger partial charge in [-0.2, -0.15) is 0 Å². The normalized spacial score (nSPS) is 18.4. The molecule has 1 aromatic rings. The highest BCUT2D eigenvalue weighted by atomic mass is 79.9. The van der Waals surface area contributed by atoms with E-state index < -0.39 is 0 Å². The van der Waals surface area contributed by atoms with Crippen LogP contribution in [0.2, 0.25) is 5.02 Å². The summed E-state index contributed by atoms with van der Waals surface area (Å²) in [4.78, 5) is 1.38. The van der Waals surface area contributed by atoms with Crippen LogP contribution < -0.4 is 5.32 Å². The molecule has 1 nitrogen and oxygen atoms in total.